The summed E-state index contributed by atoms with van der Waals surface area (Å²) >= 11 is 0. The molecule has 0 aliphatic heterocycles. The van der Waals surface area contributed by atoms with Crippen LogP contribution in [0.2, 0.25) is 0 Å². The number of aliphatic hydroxyl groups excluding tert-OH is 1. The molecule has 1 aromatic rings. The number of nitrogens with one attached hydrogen (secondary N) is 1. The van der Waals surface area contributed by atoms with Crippen LogP contribution in [0, 0.1) is 11.7 Å². The SMILES string of the molecule is COCC(O)CNC(c1ccc(F)cc1)C1CC1. The summed E-state index contributed by atoms with van der Waals surface area (Å²) in [6, 6.07) is 6.80. The first-order valence-electron chi connectivity index (χ1n) is 6.36. The fraction of sp³-hybridized carbons (Fsp3) is 0.571. The van der Waals surface area contributed by atoms with Crippen LogP contribution in [0.15, 0.2) is 24.3 Å². The van der Waals surface area contributed by atoms with Gasteiger partial charge < -0.3 is 15.2 Å². The molecule has 18 heavy (non-hydrogen) atoms. The van der Waals surface area contributed by atoms with Crippen molar-refractivity contribution in [3.63, 3.8) is 0 Å². The van der Waals surface area contributed by atoms with Crippen LogP contribution in [0.25, 0.3) is 0 Å². The Morgan fingerprint density at radius 3 is 2.61 bits per heavy atom. The average Bonchev–Trinajstić information content (AvgIpc) is 3.16. The standard InChI is InChI=1S/C14H20FNO2/c1-18-9-13(17)8-16-14(10-2-3-10)11-4-6-12(15)7-5-11/h4-7,10,13-14,16-17H,2-3,8-9H2,1H3. The summed E-state index contributed by atoms with van der Waals surface area (Å²) in [5, 5.41) is 13.0. The van der Waals surface area contributed by atoms with E-state index in [-0.39, 0.29) is 11.9 Å². The number of ether oxygens (including phenoxy) is 1. The zero-order chi connectivity index (χ0) is 13.0. The first-order chi connectivity index (χ1) is 8.70. The molecule has 0 amide bonds. The summed E-state index contributed by atoms with van der Waals surface area (Å²) < 4.78 is 17.8. The number of hydrogen-bond donors (Lipinski definition) is 2. The van der Waals surface area contributed by atoms with E-state index in [0.717, 1.165) is 5.56 Å². The molecule has 0 bridgehead atoms. The van der Waals surface area contributed by atoms with Crippen molar-refractivity contribution in [2.75, 3.05) is 20.3 Å². The molecule has 0 spiro atoms. The van der Waals surface area contributed by atoms with Crippen LogP contribution in [-0.4, -0.2) is 31.5 Å². The molecular formula is C14H20FNO2. The maximum Gasteiger partial charge on any atom is 0.123 e. The Bertz CT molecular complexity index is 365. The van der Waals surface area contributed by atoms with Crippen LogP contribution < -0.4 is 5.32 Å². The zero-order valence-electron chi connectivity index (χ0n) is 10.6. The van der Waals surface area contributed by atoms with Crippen molar-refractivity contribution in [3.8, 4) is 0 Å². The molecule has 100 valence electrons. The molecule has 3 nitrogen and oxygen atoms in total. The number of hydrogen-bond acceptors (Lipinski definition) is 3. The minimum absolute atomic E-state index is 0.206. The van der Waals surface area contributed by atoms with Crippen molar-refractivity contribution in [2.45, 2.75) is 25.0 Å². The number of methoxy groups -OCH3 is 1. The van der Waals surface area contributed by atoms with Gasteiger partial charge >= 0.3 is 0 Å². The summed E-state index contributed by atoms with van der Waals surface area (Å²) in [5.41, 5.74) is 1.09. The minimum Gasteiger partial charge on any atom is -0.389 e. The Morgan fingerprint density at radius 2 is 2.06 bits per heavy atom. The second kappa shape index (κ2) is 6.27. The van der Waals surface area contributed by atoms with Crippen molar-refractivity contribution >= 4 is 0 Å². The van der Waals surface area contributed by atoms with E-state index in [2.05, 4.69) is 5.32 Å². The van der Waals surface area contributed by atoms with E-state index >= 15 is 0 Å². The molecule has 1 fully saturated rings. The van der Waals surface area contributed by atoms with Crippen LogP contribution in [0.5, 0.6) is 0 Å². The Labute approximate surface area is 107 Å². The van der Waals surface area contributed by atoms with E-state index in [1.807, 2.05) is 12.1 Å². The lowest BCUT2D eigenvalue weighted by molar-refractivity contribution is 0.0621. The quantitative estimate of drug-likeness (QED) is 0.779. The van der Waals surface area contributed by atoms with Gasteiger partial charge in [-0.1, -0.05) is 12.1 Å². The maximum absolute atomic E-state index is 12.9. The van der Waals surface area contributed by atoms with Gasteiger partial charge in [0.2, 0.25) is 0 Å². The number of halogens is 1. The van der Waals surface area contributed by atoms with Gasteiger partial charge in [-0.2, -0.15) is 0 Å². The number of benzene rings is 1. The van der Waals surface area contributed by atoms with Crippen molar-refractivity contribution in [3.05, 3.63) is 35.6 Å². The van der Waals surface area contributed by atoms with E-state index in [0.29, 0.717) is 19.1 Å². The fourth-order valence-corrected chi connectivity index (χ4v) is 2.17. The highest BCUT2D eigenvalue weighted by atomic mass is 19.1. The third-order valence-electron chi connectivity index (χ3n) is 3.25. The summed E-state index contributed by atoms with van der Waals surface area (Å²) in [5.74, 6) is 0.387. The predicted octanol–water partition coefficient (Wildman–Crippen LogP) is 1.87. The summed E-state index contributed by atoms with van der Waals surface area (Å²) in [6.45, 7) is 0.820. The van der Waals surface area contributed by atoms with Crippen molar-refractivity contribution < 1.29 is 14.2 Å². The molecule has 0 radical (unpaired) electrons. The molecule has 0 heterocycles. The van der Waals surface area contributed by atoms with Crippen LogP contribution in [0.1, 0.15) is 24.4 Å². The highest BCUT2D eigenvalue weighted by Crippen LogP contribution is 2.40. The molecule has 4 heteroatoms. The highest BCUT2D eigenvalue weighted by molar-refractivity contribution is 5.22. The molecular weight excluding hydrogens is 233 g/mol. The van der Waals surface area contributed by atoms with Crippen molar-refractivity contribution in [1.82, 2.24) is 5.32 Å². The highest BCUT2D eigenvalue weighted by Gasteiger charge is 2.32. The van der Waals surface area contributed by atoms with Gasteiger partial charge in [-0.05, 0) is 36.5 Å². The molecule has 1 aromatic carbocycles. The third-order valence-corrected chi connectivity index (χ3v) is 3.25. The smallest absolute Gasteiger partial charge is 0.123 e. The van der Waals surface area contributed by atoms with Gasteiger partial charge in [0.1, 0.15) is 5.82 Å². The minimum atomic E-state index is -0.503. The lowest BCUT2D eigenvalue weighted by atomic mass is 10.0. The molecule has 2 rings (SSSR count). The first kappa shape index (κ1) is 13.5. The third kappa shape index (κ3) is 3.77. The maximum atomic E-state index is 12.9. The van der Waals surface area contributed by atoms with E-state index in [4.69, 9.17) is 4.74 Å². The summed E-state index contributed by atoms with van der Waals surface area (Å²) in [7, 11) is 1.57. The normalized spacial score (nSPS) is 18.6. The topological polar surface area (TPSA) is 41.5 Å². The van der Waals surface area contributed by atoms with E-state index in [1.54, 1.807) is 7.11 Å². The van der Waals surface area contributed by atoms with E-state index < -0.39 is 6.10 Å². The molecule has 1 saturated carbocycles. The number of rotatable bonds is 7. The molecule has 2 atom stereocenters. The molecule has 0 aromatic heterocycles. The monoisotopic (exact) mass is 253 g/mol. The molecule has 1 aliphatic carbocycles. The number of aliphatic hydroxyl groups is 1. The van der Waals surface area contributed by atoms with Crippen molar-refractivity contribution in [1.29, 1.82) is 0 Å². The van der Waals surface area contributed by atoms with Gasteiger partial charge in [-0.25, -0.2) is 4.39 Å². The Morgan fingerprint density at radius 1 is 1.39 bits per heavy atom. The van der Waals surface area contributed by atoms with Crippen LogP contribution in [-0.2, 0) is 4.74 Å². The second-order valence-corrected chi connectivity index (χ2v) is 4.88. The Kier molecular flexibility index (Phi) is 4.69. The summed E-state index contributed by atoms with van der Waals surface area (Å²) in [4.78, 5) is 0. The first-order valence-corrected chi connectivity index (χ1v) is 6.36. The summed E-state index contributed by atoms with van der Waals surface area (Å²) in [6.07, 6.45) is 1.88. The zero-order valence-corrected chi connectivity index (χ0v) is 10.6. The van der Waals surface area contributed by atoms with Gasteiger partial charge in [0.15, 0.2) is 0 Å². The Balaban J connectivity index is 1.94. The van der Waals surface area contributed by atoms with E-state index in [1.165, 1.54) is 25.0 Å². The van der Waals surface area contributed by atoms with Crippen LogP contribution in [0.4, 0.5) is 4.39 Å². The second-order valence-electron chi connectivity index (χ2n) is 4.88. The average molecular weight is 253 g/mol. The van der Waals surface area contributed by atoms with E-state index in [9.17, 15) is 9.50 Å². The van der Waals surface area contributed by atoms with Gasteiger partial charge in [0.05, 0.1) is 12.7 Å². The fourth-order valence-electron chi connectivity index (χ4n) is 2.17. The molecule has 2 N–H and O–H groups in total. The van der Waals surface area contributed by atoms with Crippen LogP contribution in [0.3, 0.4) is 0 Å². The molecule has 1 aliphatic rings. The lowest BCUT2D eigenvalue weighted by Crippen LogP contribution is -2.33. The predicted molar refractivity (Wildman–Crippen MR) is 67.8 cm³/mol. The molecule has 0 saturated heterocycles. The lowest BCUT2D eigenvalue weighted by Gasteiger charge is -2.20. The van der Waals surface area contributed by atoms with Gasteiger partial charge in [0, 0.05) is 19.7 Å². The Hall–Kier alpha value is -0.970. The largest absolute Gasteiger partial charge is 0.389 e. The van der Waals surface area contributed by atoms with Crippen LogP contribution >= 0.6 is 0 Å². The van der Waals surface area contributed by atoms with Crippen molar-refractivity contribution in [2.24, 2.45) is 5.92 Å². The van der Waals surface area contributed by atoms with Gasteiger partial charge in [-0.3, -0.25) is 0 Å². The molecule has 2 unspecified atom stereocenters. The van der Waals surface area contributed by atoms with Gasteiger partial charge in [-0.15, -0.1) is 0 Å². The van der Waals surface area contributed by atoms with Gasteiger partial charge in [0.25, 0.3) is 0 Å².